The van der Waals surface area contributed by atoms with Gasteiger partial charge in [0.05, 0.1) is 11.4 Å². The van der Waals surface area contributed by atoms with Gasteiger partial charge in [0.2, 0.25) is 9.05 Å². The fraction of sp³-hybridized carbons (Fsp3) is 1.00. The molecule has 0 aromatic carbocycles. The van der Waals surface area contributed by atoms with Crippen molar-refractivity contribution >= 4 is 19.7 Å². The van der Waals surface area contributed by atoms with E-state index in [1.54, 1.807) is 7.11 Å². The highest BCUT2D eigenvalue weighted by atomic mass is 35.7. The van der Waals surface area contributed by atoms with Crippen molar-refractivity contribution < 1.29 is 13.2 Å². The van der Waals surface area contributed by atoms with Crippen LogP contribution in [-0.4, -0.2) is 26.9 Å². The molecule has 0 unspecified atom stereocenters. The zero-order chi connectivity index (χ0) is 9.12. The average Bonchev–Trinajstić information content (AvgIpc) is 1.83. The number of rotatable bonds is 4. The Hall–Kier alpha value is 0.200. The van der Waals surface area contributed by atoms with E-state index in [0.29, 0.717) is 6.42 Å². The lowest BCUT2D eigenvalue weighted by Crippen LogP contribution is -2.25. The van der Waals surface area contributed by atoms with Crippen molar-refractivity contribution in [3.8, 4) is 0 Å². The van der Waals surface area contributed by atoms with E-state index in [9.17, 15) is 8.42 Å². The molecular formula is C6H13ClO3S. The van der Waals surface area contributed by atoms with Crippen LogP contribution in [0, 0.1) is 0 Å². The molecule has 0 N–H and O–H groups in total. The molecule has 0 heterocycles. The summed E-state index contributed by atoms with van der Waals surface area (Å²) < 4.78 is 26.0. The maximum absolute atomic E-state index is 10.5. The molecule has 0 saturated carbocycles. The Kier molecular flexibility index (Phi) is 3.80. The van der Waals surface area contributed by atoms with E-state index in [-0.39, 0.29) is 5.75 Å². The van der Waals surface area contributed by atoms with Gasteiger partial charge in [0.15, 0.2) is 0 Å². The zero-order valence-electron chi connectivity index (χ0n) is 6.93. The Balaban J connectivity index is 3.90. The zero-order valence-corrected chi connectivity index (χ0v) is 8.50. The minimum Gasteiger partial charge on any atom is -0.379 e. The Morgan fingerprint density at radius 2 is 1.91 bits per heavy atom. The molecule has 3 nitrogen and oxygen atoms in total. The lowest BCUT2D eigenvalue weighted by molar-refractivity contribution is 0.0204. The molecule has 0 rings (SSSR count). The third-order valence-corrected chi connectivity index (χ3v) is 2.66. The number of halogens is 1. The Bertz CT molecular complexity index is 208. The summed E-state index contributed by atoms with van der Waals surface area (Å²) in [5, 5.41) is 0. The number of ether oxygens (including phenoxy) is 1. The molecule has 0 aliphatic rings. The molecular weight excluding hydrogens is 188 g/mol. The number of hydrogen-bond acceptors (Lipinski definition) is 3. The topological polar surface area (TPSA) is 43.4 Å². The van der Waals surface area contributed by atoms with Gasteiger partial charge in [-0.1, -0.05) is 0 Å². The van der Waals surface area contributed by atoms with Crippen molar-refractivity contribution in [3.63, 3.8) is 0 Å². The fourth-order valence-electron chi connectivity index (χ4n) is 0.470. The molecule has 11 heavy (non-hydrogen) atoms. The molecule has 0 saturated heterocycles. The number of methoxy groups -OCH3 is 1. The summed E-state index contributed by atoms with van der Waals surface area (Å²) in [5.41, 5.74) is -0.415. The Morgan fingerprint density at radius 3 is 2.18 bits per heavy atom. The second-order valence-corrected chi connectivity index (χ2v) is 5.85. The Morgan fingerprint density at radius 1 is 1.45 bits per heavy atom. The maximum Gasteiger partial charge on any atom is 0.232 e. The van der Waals surface area contributed by atoms with Crippen LogP contribution in [0.5, 0.6) is 0 Å². The summed E-state index contributed by atoms with van der Waals surface area (Å²) in [7, 11) is 3.18. The third kappa shape index (κ3) is 6.59. The van der Waals surface area contributed by atoms with Crippen molar-refractivity contribution in [1.82, 2.24) is 0 Å². The van der Waals surface area contributed by atoms with Crippen LogP contribution >= 0.6 is 10.7 Å². The first-order valence-corrected chi connectivity index (χ1v) is 5.72. The fourth-order valence-corrected chi connectivity index (χ4v) is 1.44. The van der Waals surface area contributed by atoms with Crippen LogP contribution in [0.3, 0.4) is 0 Å². The summed E-state index contributed by atoms with van der Waals surface area (Å²) in [6, 6.07) is 0. The second kappa shape index (κ2) is 3.74. The molecule has 0 aliphatic heterocycles. The maximum atomic E-state index is 10.5. The van der Waals surface area contributed by atoms with Gasteiger partial charge in [-0.25, -0.2) is 8.42 Å². The van der Waals surface area contributed by atoms with Crippen LogP contribution in [0.15, 0.2) is 0 Å². The highest BCUT2D eigenvalue weighted by molar-refractivity contribution is 8.13. The molecule has 0 aromatic rings. The van der Waals surface area contributed by atoms with Crippen molar-refractivity contribution in [3.05, 3.63) is 0 Å². The predicted molar refractivity (Wildman–Crippen MR) is 45.3 cm³/mol. The van der Waals surface area contributed by atoms with Crippen LogP contribution in [0.25, 0.3) is 0 Å². The highest BCUT2D eigenvalue weighted by Gasteiger charge is 2.19. The molecule has 5 heteroatoms. The van der Waals surface area contributed by atoms with Gasteiger partial charge >= 0.3 is 0 Å². The van der Waals surface area contributed by atoms with Crippen LogP contribution in [-0.2, 0) is 13.8 Å². The molecule has 0 aliphatic carbocycles. The minimum atomic E-state index is -3.38. The third-order valence-electron chi connectivity index (χ3n) is 1.50. The predicted octanol–water partition coefficient (Wildman–Crippen LogP) is 1.37. The van der Waals surface area contributed by atoms with E-state index < -0.39 is 14.7 Å². The van der Waals surface area contributed by atoms with Crippen LogP contribution < -0.4 is 0 Å². The Labute approximate surface area is 72.1 Å². The van der Waals surface area contributed by atoms with E-state index in [1.807, 2.05) is 13.8 Å². The van der Waals surface area contributed by atoms with Gasteiger partial charge in [-0.15, -0.1) is 0 Å². The smallest absolute Gasteiger partial charge is 0.232 e. The largest absolute Gasteiger partial charge is 0.379 e. The summed E-state index contributed by atoms with van der Waals surface area (Å²) in [5.74, 6) is -0.0462. The molecule has 68 valence electrons. The summed E-state index contributed by atoms with van der Waals surface area (Å²) in [4.78, 5) is 0. The SMILES string of the molecule is COC(C)(C)CCS(=O)(=O)Cl. The van der Waals surface area contributed by atoms with E-state index in [1.165, 1.54) is 0 Å². The highest BCUT2D eigenvalue weighted by Crippen LogP contribution is 2.15. The van der Waals surface area contributed by atoms with E-state index in [0.717, 1.165) is 0 Å². The molecule has 0 aromatic heterocycles. The first-order chi connectivity index (χ1) is 4.77. The summed E-state index contributed by atoms with van der Waals surface area (Å²) in [6.45, 7) is 3.63. The quantitative estimate of drug-likeness (QED) is 0.644. The van der Waals surface area contributed by atoms with Crippen molar-refractivity contribution in [2.24, 2.45) is 0 Å². The van der Waals surface area contributed by atoms with Gasteiger partial charge in [0, 0.05) is 17.8 Å². The molecule has 0 radical (unpaired) electrons. The molecule has 0 amide bonds. The van der Waals surface area contributed by atoms with E-state index in [2.05, 4.69) is 0 Å². The normalized spacial score (nSPS) is 13.5. The lowest BCUT2D eigenvalue weighted by Gasteiger charge is -2.21. The van der Waals surface area contributed by atoms with Crippen LogP contribution in [0.4, 0.5) is 0 Å². The standard InChI is InChI=1S/C6H13ClO3S/c1-6(2,10-3)4-5-11(7,8)9/h4-5H2,1-3H3. The van der Waals surface area contributed by atoms with E-state index in [4.69, 9.17) is 15.4 Å². The summed E-state index contributed by atoms with van der Waals surface area (Å²) >= 11 is 0. The average molecular weight is 201 g/mol. The van der Waals surface area contributed by atoms with Crippen molar-refractivity contribution in [1.29, 1.82) is 0 Å². The molecule has 0 fully saturated rings. The summed E-state index contributed by atoms with van der Waals surface area (Å²) in [6.07, 6.45) is 0.412. The number of hydrogen-bond donors (Lipinski definition) is 0. The first kappa shape index (κ1) is 11.2. The van der Waals surface area contributed by atoms with Gasteiger partial charge in [0.25, 0.3) is 0 Å². The second-order valence-electron chi connectivity index (χ2n) is 2.96. The van der Waals surface area contributed by atoms with Gasteiger partial charge < -0.3 is 4.74 Å². The van der Waals surface area contributed by atoms with Crippen molar-refractivity contribution in [2.45, 2.75) is 25.9 Å². The first-order valence-electron chi connectivity index (χ1n) is 3.24. The van der Waals surface area contributed by atoms with Gasteiger partial charge in [0.1, 0.15) is 0 Å². The molecule has 0 bridgehead atoms. The lowest BCUT2D eigenvalue weighted by atomic mass is 10.1. The van der Waals surface area contributed by atoms with E-state index >= 15 is 0 Å². The monoisotopic (exact) mass is 200 g/mol. The van der Waals surface area contributed by atoms with Gasteiger partial charge in [-0.05, 0) is 20.3 Å². The van der Waals surface area contributed by atoms with Gasteiger partial charge in [-0.2, -0.15) is 0 Å². The van der Waals surface area contributed by atoms with Crippen LogP contribution in [0.1, 0.15) is 20.3 Å². The minimum absolute atomic E-state index is 0.0462. The van der Waals surface area contributed by atoms with Crippen LogP contribution in [0.2, 0.25) is 0 Å². The molecule has 0 atom stereocenters. The van der Waals surface area contributed by atoms with Crippen molar-refractivity contribution in [2.75, 3.05) is 12.9 Å². The molecule has 0 spiro atoms. The van der Waals surface area contributed by atoms with Gasteiger partial charge in [-0.3, -0.25) is 0 Å².